The van der Waals surface area contributed by atoms with Crippen molar-refractivity contribution in [3.63, 3.8) is 0 Å². The maximum Gasteiger partial charge on any atom is 2.00 e. The molecule has 38 heavy (non-hydrogen) atoms. The van der Waals surface area contributed by atoms with Crippen molar-refractivity contribution in [2.45, 2.75) is 11.5 Å². The van der Waals surface area contributed by atoms with Gasteiger partial charge in [-0.05, 0) is 12.1 Å². The summed E-state index contributed by atoms with van der Waals surface area (Å²) in [7, 11) is -9.00. The Labute approximate surface area is 249 Å². The van der Waals surface area contributed by atoms with Gasteiger partial charge in [0.2, 0.25) is 0 Å². The molecule has 1 aromatic carbocycles. The number of pyridine rings is 2. The number of ether oxygens (including phenoxy) is 1. The van der Waals surface area contributed by atoms with Crippen LogP contribution in [-0.4, -0.2) is 74.0 Å². The van der Waals surface area contributed by atoms with Gasteiger partial charge in [0, 0.05) is 38.7 Å². The smallest absolute Gasteiger partial charge is 0.380 e. The molecule has 4 rings (SSSR count). The Balaban J connectivity index is 0.000000764. The zero-order valence-corrected chi connectivity index (χ0v) is 26.6. The van der Waals surface area contributed by atoms with Gasteiger partial charge in [0.1, 0.15) is 0 Å². The van der Waals surface area contributed by atoms with E-state index in [2.05, 4.69) is 36.4 Å². The molecule has 0 N–H and O–H groups in total. The summed E-state index contributed by atoms with van der Waals surface area (Å²) in [6.45, 7) is 1.63. The fourth-order valence-electron chi connectivity index (χ4n) is 2.70. The van der Waals surface area contributed by atoms with Crippen LogP contribution >= 0.6 is 23.5 Å². The largest absolute Gasteiger partial charge is 2.00 e. The first kappa shape index (κ1) is 37.3. The van der Waals surface area contributed by atoms with Crippen LogP contribution in [0.1, 0.15) is 11.4 Å². The molecule has 0 amide bonds. The SMILES string of the molecule is C[N+](=O)[O-].[O-][Cl+3]([O-])([O-])[O-].[O-][Cl+3]([O-])([O-])[O-].[Pb+2].c1cc2ccc3ccc4nc3c2nc1CSCCOCCSC4. The number of nitrogens with zero attached hydrogens (tertiary/aromatic N) is 3. The molecule has 208 valence electrons. The topological polar surface area (TPSA) is 263 Å². The number of hydrogen-bond acceptors (Lipinski definition) is 15. The minimum atomic E-state index is -4.94. The van der Waals surface area contributed by atoms with Crippen molar-refractivity contribution in [1.82, 2.24) is 9.97 Å². The zero-order chi connectivity index (χ0) is 28.1. The van der Waals surface area contributed by atoms with E-state index in [1.807, 2.05) is 23.5 Å². The van der Waals surface area contributed by atoms with Gasteiger partial charge < -0.3 is 4.74 Å². The summed E-state index contributed by atoms with van der Waals surface area (Å²) in [5.74, 6) is 3.87. The predicted octanol–water partition coefficient (Wildman–Crippen LogP) is -5.72. The van der Waals surface area contributed by atoms with Gasteiger partial charge in [0.25, 0.3) is 0 Å². The predicted molar refractivity (Wildman–Crippen MR) is 119 cm³/mol. The minimum absolute atomic E-state index is 0. The molecule has 0 fully saturated rings. The third-order valence-electron chi connectivity index (χ3n) is 3.88. The summed E-state index contributed by atoms with van der Waals surface area (Å²) < 4.78 is 73.6. The van der Waals surface area contributed by atoms with Gasteiger partial charge in [-0.2, -0.15) is 23.5 Å². The second-order valence-electron chi connectivity index (χ2n) is 6.73. The maximum atomic E-state index is 8.81. The number of aromatic nitrogens is 2. The molecule has 0 saturated carbocycles. The molecule has 3 aromatic rings. The van der Waals surface area contributed by atoms with Crippen molar-refractivity contribution in [2.24, 2.45) is 0 Å². The molecular formula is C19H21Cl2N3O11PbS2. The number of thioether (sulfide) groups is 2. The van der Waals surface area contributed by atoms with Gasteiger partial charge in [-0.3, -0.25) is 10.1 Å². The summed E-state index contributed by atoms with van der Waals surface area (Å²) in [6, 6.07) is 12.9. The van der Waals surface area contributed by atoms with E-state index in [4.69, 9.17) is 62.1 Å². The molecule has 0 unspecified atom stereocenters. The van der Waals surface area contributed by atoms with Crippen LogP contribution in [0.5, 0.6) is 0 Å². The van der Waals surface area contributed by atoms with Crippen molar-refractivity contribution >= 4 is 72.6 Å². The Morgan fingerprint density at radius 3 is 1.34 bits per heavy atom. The summed E-state index contributed by atoms with van der Waals surface area (Å²) in [6.07, 6.45) is 0. The van der Waals surface area contributed by atoms with Crippen LogP contribution in [0.25, 0.3) is 21.8 Å². The monoisotopic (exact) mass is 809 g/mol. The van der Waals surface area contributed by atoms with Crippen molar-refractivity contribution in [1.29, 1.82) is 0 Å². The molecule has 0 spiro atoms. The molecule has 3 heterocycles. The van der Waals surface area contributed by atoms with Crippen LogP contribution in [0.4, 0.5) is 0 Å². The van der Waals surface area contributed by atoms with Crippen LogP contribution in [0.2, 0.25) is 0 Å². The van der Waals surface area contributed by atoms with E-state index in [-0.39, 0.29) is 27.3 Å². The van der Waals surface area contributed by atoms with E-state index in [1.165, 1.54) is 0 Å². The van der Waals surface area contributed by atoms with Crippen LogP contribution in [0.3, 0.4) is 0 Å². The molecule has 19 heteroatoms. The average molecular weight is 810 g/mol. The number of benzene rings is 1. The number of rotatable bonds is 0. The van der Waals surface area contributed by atoms with Crippen LogP contribution in [0, 0.1) is 30.6 Å². The molecule has 0 atom stereocenters. The average Bonchev–Trinajstić information content (AvgIpc) is 2.75. The normalized spacial score (nSPS) is 14.0. The Bertz CT molecular complexity index is 1040. The van der Waals surface area contributed by atoms with Gasteiger partial charge in [-0.1, -0.05) is 24.3 Å². The molecule has 0 aliphatic carbocycles. The standard InChI is InChI=1S/C18H18N2OS2.CH3NO2.2ClHO4.Pb/c1-2-14-4-6-16-12-23-10-8-21-7-9-22-11-15-5-3-13(1)17(19-15)18(14)20-16;1-2(3)4;2*2-1(3,4)5;/h1-6H,7-12H2;1H3;2*(H,2,3,4,5);/q;;;;+2/p-2. The van der Waals surface area contributed by atoms with E-state index in [0.717, 1.165) is 76.5 Å². The third kappa shape index (κ3) is 19.4. The van der Waals surface area contributed by atoms with Crippen molar-refractivity contribution in [3.8, 4) is 0 Å². The van der Waals surface area contributed by atoms with E-state index in [9.17, 15) is 0 Å². The second kappa shape index (κ2) is 18.6. The number of fused-ring (bicyclic) bond motifs is 2. The van der Waals surface area contributed by atoms with Gasteiger partial charge in [-0.15, -0.1) is 20.5 Å². The Kier molecular flexibility index (Phi) is 18.2. The quantitative estimate of drug-likeness (QED) is 0.0887. The van der Waals surface area contributed by atoms with Gasteiger partial charge in [-0.25, -0.2) is 47.2 Å². The van der Waals surface area contributed by atoms with Crippen molar-refractivity contribution < 1.29 is 67.4 Å². The number of hydrogen-bond donors (Lipinski definition) is 0. The van der Waals surface area contributed by atoms with Gasteiger partial charge in [0.05, 0.1) is 35.6 Å². The molecule has 4 bridgehead atoms. The molecule has 2 radical (unpaired) electrons. The van der Waals surface area contributed by atoms with E-state index in [1.54, 1.807) is 0 Å². The molecule has 2 aromatic heterocycles. The van der Waals surface area contributed by atoms with E-state index >= 15 is 0 Å². The van der Waals surface area contributed by atoms with Gasteiger partial charge in [0.15, 0.2) is 7.05 Å². The van der Waals surface area contributed by atoms with Crippen LogP contribution in [0.15, 0.2) is 36.4 Å². The molecule has 14 nitrogen and oxygen atoms in total. The minimum Gasteiger partial charge on any atom is -0.380 e. The first-order valence-corrected chi connectivity index (χ1v) is 14.6. The second-order valence-corrected chi connectivity index (χ2v) is 10.4. The summed E-state index contributed by atoms with van der Waals surface area (Å²) in [5, 5.41) is 11.1. The van der Waals surface area contributed by atoms with Crippen molar-refractivity contribution in [2.75, 3.05) is 31.8 Å². The van der Waals surface area contributed by atoms with Crippen LogP contribution in [-0.2, 0) is 16.2 Å². The third-order valence-corrected chi connectivity index (χ3v) is 5.79. The summed E-state index contributed by atoms with van der Waals surface area (Å²) in [5.41, 5.74) is 4.29. The molecule has 1 aliphatic rings. The zero-order valence-electron chi connectivity index (χ0n) is 19.6. The Hall–Kier alpha value is -0.718. The van der Waals surface area contributed by atoms with Gasteiger partial charge >= 0.3 is 27.3 Å². The summed E-state index contributed by atoms with van der Waals surface area (Å²) in [4.78, 5) is 18.1. The Morgan fingerprint density at radius 1 is 0.737 bits per heavy atom. The first-order valence-electron chi connectivity index (χ1n) is 9.86. The Morgan fingerprint density at radius 2 is 1.03 bits per heavy atom. The number of nitro groups is 1. The maximum absolute atomic E-state index is 8.81. The van der Waals surface area contributed by atoms with Crippen molar-refractivity contribution in [3.05, 3.63) is 57.9 Å². The molecule has 1 aliphatic heterocycles. The molecular weight excluding hydrogens is 788 g/mol. The van der Waals surface area contributed by atoms with E-state index < -0.39 is 25.4 Å². The fourth-order valence-corrected chi connectivity index (χ4v) is 4.20. The van der Waals surface area contributed by atoms with Crippen LogP contribution < -0.4 is 37.3 Å². The summed E-state index contributed by atoms with van der Waals surface area (Å²) >= 11 is 3.75. The molecule has 0 saturated heterocycles. The number of halogens is 2. The fraction of sp³-hybridized carbons (Fsp3) is 0.368. The van der Waals surface area contributed by atoms with E-state index in [0.29, 0.717) is 0 Å². The first-order chi connectivity index (χ1) is 17.1.